The van der Waals surface area contributed by atoms with Crippen molar-refractivity contribution in [3.63, 3.8) is 0 Å². The normalized spacial score (nSPS) is 13.0. The first-order valence-electron chi connectivity index (χ1n) is 30.0. The van der Waals surface area contributed by atoms with Crippen molar-refractivity contribution in [3.8, 4) is 0 Å². The van der Waals surface area contributed by atoms with Crippen molar-refractivity contribution in [3.05, 3.63) is 122 Å². The molecule has 0 aliphatic carbocycles. The Morgan fingerprint density at radius 1 is 0.288 bits per heavy atom. The fourth-order valence-corrected chi connectivity index (χ4v) is 8.05. The lowest BCUT2D eigenvalue weighted by Crippen LogP contribution is -2.30. The maximum atomic E-state index is 12.8. The van der Waals surface area contributed by atoms with E-state index >= 15 is 0 Å². The fraction of sp³-hybridized carbons (Fsp3) is 0.657. The third-order valence-corrected chi connectivity index (χ3v) is 12.5. The number of hydrogen-bond donors (Lipinski definition) is 0. The molecular weight excluding hydrogens is 901 g/mol. The minimum Gasteiger partial charge on any atom is -0.462 e. The van der Waals surface area contributed by atoms with Crippen LogP contribution in [0.4, 0.5) is 0 Å². The first-order valence-corrected chi connectivity index (χ1v) is 30.0. The van der Waals surface area contributed by atoms with E-state index in [4.69, 9.17) is 14.2 Å². The van der Waals surface area contributed by atoms with Gasteiger partial charge in [-0.3, -0.25) is 14.4 Å². The van der Waals surface area contributed by atoms with Gasteiger partial charge in [0.25, 0.3) is 0 Å². The molecular formula is C67H110O6. The maximum Gasteiger partial charge on any atom is 0.306 e. The van der Waals surface area contributed by atoms with Crippen LogP contribution in [0, 0.1) is 0 Å². The molecule has 6 heteroatoms. The van der Waals surface area contributed by atoms with E-state index in [1.165, 1.54) is 116 Å². The Morgan fingerprint density at radius 3 is 0.890 bits per heavy atom. The standard InChI is InChI=1S/C67H110O6/c1-4-7-10-13-16-19-21-23-25-27-29-30-31-32-33-34-35-36-38-39-41-43-45-48-51-54-57-60-66(69)72-63-64(62-71-65(68)59-56-53-50-47-18-15-12-9-6-3)73-67(70)61-58-55-52-49-46-44-42-40-37-28-26-24-22-20-17-14-11-8-5-2/h7-8,10-11,16-17,19-20,23-26,29-30,37,40,44,46,52,55,64H,4-6,9,12-15,18,21-22,27-28,31-36,38-39,41-43,45,47-51,53-54,56-63H2,1-3H3/b10-7-,11-8-,19-16-,20-17-,25-23-,26-24-,30-29-,40-37-,46-44-,55-52-. The topological polar surface area (TPSA) is 78.9 Å². The first kappa shape index (κ1) is 68.8. The Balaban J connectivity index is 4.30. The van der Waals surface area contributed by atoms with E-state index in [1.807, 2.05) is 6.08 Å². The summed E-state index contributed by atoms with van der Waals surface area (Å²) in [5, 5.41) is 0. The van der Waals surface area contributed by atoms with Crippen LogP contribution in [0.2, 0.25) is 0 Å². The van der Waals surface area contributed by atoms with Crippen LogP contribution in [-0.4, -0.2) is 37.2 Å². The smallest absolute Gasteiger partial charge is 0.306 e. The number of carbonyl (C=O) groups excluding carboxylic acids is 3. The Morgan fingerprint density at radius 2 is 0.562 bits per heavy atom. The highest BCUT2D eigenvalue weighted by atomic mass is 16.6. The summed E-state index contributed by atoms with van der Waals surface area (Å²) in [5.74, 6) is -0.995. The summed E-state index contributed by atoms with van der Waals surface area (Å²) < 4.78 is 16.8. The predicted molar refractivity (Wildman–Crippen MR) is 316 cm³/mol. The Hall–Kier alpha value is -4.19. The van der Waals surface area contributed by atoms with E-state index in [2.05, 4.69) is 136 Å². The zero-order chi connectivity index (χ0) is 52.9. The van der Waals surface area contributed by atoms with Crippen molar-refractivity contribution in [2.24, 2.45) is 0 Å². The van der Waals surface area contributed by atoms with Crippen LogP contribution in [-0.2, 0) is 28.6 Å². The van der Waals surface area contributed by atoms with Gasteiger partial charge in [-0.2, -0.15) is 0 Å². The Bertz CT molecular complexity index is 1540. The van der Waals surface area contributed by atoms with E-state index in [0.717, 1.165) is 103 Å². The molecule has 0 amide bonds. The number of unbranched alkanes of at least 4 members (excludes halogenated alkanes) is 22. The number of esters is 3. The summed E-state index contributed by atoms with van der Waals surface area (Å²) in [6.45, 7) is 6.33. The number of hydrogen-bond acceptors (Lipinski definition) is 6. The minimum atomic E-state index is -0.819. The molecule has 73 heavy (non-hydrogen) atoms. The van der Waals surface area contributed by atoms with Crippen molar-refractivity contribution >= 4 is 17.9 Å². The zero-order valence-corrected chi connectivity index (χ0v) is 47.4. The van der Waals surface area contributed by atoms with Gasteiger partial charge in [0.05, 0.1) is 0 Å². The summed E-state index contributed by atoms with van der Waals surface area (Å²) in [6.07, 6.45) is 83.7. The molecule has 0 spiro atoms. The molecule has 0 heterocycles. The van der Waals surface area contributed by atoms with Gasteiger partial charge >= 0.3 is 17.9 Å². The van der Waals surface area contributed by atoms with E-state index in [0.29, 0.717) is 19.3 Å². The highest BCUT2D eigenvalue weighted by Gasteiger charge is 2.19. The molecule has 0 aromatic rings. The summed E-state index contributed by atoms with van der Waals surface area (Å²) in [7, 11) is 0. The molecule has 0 aromatic heterocycles. The summed E-state index contributed by atoms with van der Waals surface area (Å²) in [6, 6.07) is 0. The lowest BCUT2D eigenvalue weighted by Gasteiger charge is -2.18. The second-order valence-corrected chi connectivity index (χ2v) is 19.5. The predicted octanol–water partition coefficient (Wildman–Crippen LogP) is 20.4. The number of allylic oxidation sites excluding steroid dienone is 20. The van der Waals surface area contributed by atoms with Gasteiger partial charge in [-0.1, -0.05) is 271 Å². The minimum absolute atomic E-state index is 0.108. The molecule has 1 unspecified atom stereocenters. The Labute approximate surface area is 450 Å². The second-order valence-electron chi connectivity index (χ2n) is 19.5. The largest absolute Gasteiger partial charge is 0.462 e. The second kappa shape index (κ2) is 60.4. The first-order chi connectivity index (χ1) is 36.0. The summed E-state index contributed by atoms with van der Waals surface area (Å²) in [5.41, 5.74) is 0. The van der Waals surface area contributed by atoms with Gasteiger partial charge < -0.3 is 14.2 Å². The third-order valence-electron chi connectivity index (χ3n) is 12.5. The molecule has 0 rings (SSSR count). The molecule has 0 N–H and O–H groups in total. The maximum absolute atomic E-state index is 12.8. The molecule has 0 radical (unpaired) electrons. The van der Waals surface area contributed by atoms with Crippen LogP contribution in [0.5, 0.6) is 0 Å². The van der Waals surface area contributed by atoms with Crippen molar-refractivity contribution in [1.29, 1.82) is 0 Å². The van der Waals surface area contributed by atoms with Gasteiger partial charge in [-0.05, 0) is 96.3 Å². The molecule has 0 saturated heterocycles. The lowest BCUT2D eigenvalue weighted by molar-refractivity contribution is -0.166. The molecule has 0 aromatic carbocycles. The molecule has 0 aliphatic rings. The van der Waals surface area contributed by atoms with Gasteiger partial charge in [0.2, 0.25) is 0 Å². The number of rotatable bonds is 53. The van der Waals surface area contributed by atoms with Gasteiger partial charge in [0.1, 0.15) is 13.2 Å². The van der Waals surface area contributed by atoms with Gasteiger partial charge in [0, 0.05) is 19.3 Å². The average molecular weight is 1010 g/mol. The molecule has 0 fully saturated rings. The van der Waals surface area contributed by atoms with E-state index in [9.17, 15) is 14.4 Å². The molecule has 6 nitrogen and oxygen atoms in total. The molecule has 0 bridgehead atoms. The van der Waals surface area contributed by atoms with Crippen LogP contribution in [0.3, 0.4) is 0 Å². The van der Waals surface area contributed by atoms with Crippen LogP contribution < -0.4 is 0 Å². The average Bonchev–Trinajstić information content (AvgIpc) is 3.39. The van der Waals surface area contributed by atoms with Crippen molar-refractivity contribution in [2.75, 3.05) is 13.2 Å². The lowest BCUT2D eigenvalue weighted by atomic mass is 10.0. The van der Waals surface area contributed by atoms with Crippen LogP contribution in [0.1, 0.15) is 265 Å². The Kier molecular flexibility index (Phi) is 56.9. The SMILES string of the molecule is CC/C=C\C/C=C\C/C=C\C/C=C\C/C=C\C/C=C\CCC(=O)OC(COC(=O)CCCCCCCCCCC)COC(=O)CCCCCCCCCCCCCCCC/C=C\C/C=C\C/C=C\C/C=C\CC. The number of ether oxygens (including phenoxy) is 3. The van der Waals surface area contributed by atoms with Crippen LogP contribution in [0.25, 0.3) is 0 Å². The molecule has 0 aliphatic heterocycles. The highest BCUT2D eigenvalue weighted by molar-refractivity contribution is 5.71. The molecule has 0 saturated carbocycles. The van der Waals surface area contributed by atoms with Crippen molar-refractivity contribution < 1.29 is 28.6 Å². The zero-order valence-electron chi connectivity index (χ0n) is 47.4. The van der Waals surface area contributed by atoms with Crippen LogP contribution >= 0.6 is 0 Å². The van der Waals surface area contributed by atoms with Crippen molar-refractivity contribution in [1.82, 2.24) is 0 Å². The highest BCUT2D eigenvalue weighted by Crippen LogP contribution is 2.15. The van der Waals surface area contributed by atoms with Gasteiger partial charge in [-0.25, -0.2) is 0 Å². The van der Waals surface area contributed by atoms with Gasteiger partial charge in [0.15, 0.2) is 6.10 Å². The van der Waals surface area contributed by atoms with E-state index < -0.39 is 12.1 Å². The quantitative estimate of drug-likeness (QED) is 0.0261. The molecule has 1 atom stereocenters. The van der Waals surface area contributed by atoms with E-state index in [-0.39, 0.29) is 31.6 Å². The van der Waals surface area contributed by atoms with Crippen molar-refractivity contribution in [2.45, 2.75) is 271 Å². The summed E-state index contributed by atoms with van der Waals surface area (Å²) >= 11 is 0. The van der Waals surface area contributed by atoms with E-state index in [1.54, 1.807) is 0 Å². The third kappa shape index (κ3) is 58.6. The fourth-order valence-electron chi connectivity index (χ4n) is 8.05. The summed E-state index contributed by atoms with van der Waals surface area (Å²) in [4.78, 5) is 38.1. The van der Waals surface area contributed by atoms with Gasteiger partial charge in [-0.15, -0.1) is 0 Å². The molecule has 414 valence electrons. The number of carbonyl (C=O) groups is 3. The van der Waals surface area contributed by atoms with Crippen LogP contribution in [0.15, 0.2) is 122 Å². The monoisotopic (exact) mass is 1010 g/mol.